The molecule has 3 rings (SSSR count). The maximum Gasteiger partial charge on any atom is 0.231 e. The molecule has 1 amide bonds. The predicted octanol–water partition coefficient (Wildman–Crippen LogP) is 0.299. The molecule has 0 spiro atoms. The fourth-order valence-corrected chi connectivity index (χ4v) is 3.06. The van der Waals surface area contributed by atoms with Gasteiger partial charge in [0, 0.05) is 6.20 Å². The van der Waals surface area contributed by atoms with Crippen LogP contribution in [-0.4, -0.2) is 38.3 Å². The van der Waals surface area contributed by atoms with Crippen molar-refractivity contribution < 1.29 is 14.7 Å². The molecule has 0 fully saturated rings. The number of thioether (sulfide) groups is 1. The van der Waals surface area contributed by atoms with E-state index in [4.69, 9.17) is 0 Å². The van der Waals surface area contributed by atoms with Crippen molar-refractivity contribution in [2.45, 2.75) is 17.6 Å². The van der Waals surface area contributed by atoms with Crippen molar-refractivity contribution in [3.8, 4) is 0 Å². The zero-order valence-electron chi connectivity index (χ0n) is 13.2. The van der Waals surface area contributed by atoms with Crippen molar-refractivity contribution >= 4 is 29.3 Å². The summed E-state index contributed by atoms with van der Waals surface area (Å²) < 4.78 is 1.76. The molecule has 1 N–H and O–H groups in total. The van der Waals surface area contributed by atoms with E-state index in [1.807, 2.05) is 36.4 Å². The minimum Gasteiger partial charge on any atom is -0.548 e. The van der Waals surface area contributed by atoms with E-state index in [2.05, 4.69) is 15.5 Å². The molecular formula is C17H15N4O3S-. The van der Waals surface area contributed by atoms with E-state index < -0.39 is 17.9 Å². The zero-order valence-corrected chi connectivity index (χ0v) is 14.0. The lowest BCUT2D eigenvalue weighted by Gasteiger charge is -2.19. The molecule has 1 aromatic carbocycles. The third-order valence-electron chi connectivity index (χ3n) is 3.52. The summed E-state index contributed by atoms with van der Waals surface area (Å²) in [5, 5.41) is 22.4. The van der Waals surface area contributed by atoms with Gasteiger partial charge in [-0.15, -0.1) is 10.2 Å². The molecule has 7 nitrogen and oxygen atoms in total. The maximum atomic E-state index is 12.1. The van der Waals surface area contributed by atoms with Gasteiger partial charge in [0.05, 0.1) is 17.8 Å². The number of nitrogens with one attached hydrogen (secondary N) is 1. The van der Waals surface area contributed by atoms with Gasteiger partial charge in [-0.2, -0.15) is 0 Å². The number of rotatable bonds is 7. The Kier molecular flexibility index (Phi) is 5.30. The van der Waals surface area contributed by atoms with Gasteiger partial charge in [0.2, 0.25) is 5.91 Å². The van der Waals surface area contributed by atoms with Gasteiger partial charge >= 0.3 is 0 Å². The fourth-order valence-electron chi connectivity index (χ4n) is 2.33. The third kappa shape index (κ3) is 4.36. The van der Waals surface area contributed by atoms with Crippen LogP contribution in [0.15, 0.2) is 59.9 Å². The average Bonchev–Trinajstić information content (AvgIpc) is 3.03. The number of carbonyl (C=O) groups is 2. The Morgan fingerprint density at radius 2 is 1.88 bits per heavy atom. The number of aromatic nitrogens is 3. The molecule has 0 saturated heterocycles. The molecule has 0 aliphatic rings. The van der Waals surface area contributed by atoms with Gasteiger partial charge in [-0.3, -0.25) is 9.20 Å². The van der Waals surface area contributed by atoms with E-state index >= 15 is 0 Å². The van der Waals surface area contributed by atoms with Crippen LogP contribution in [0.5, 0.6) is 0 Å². The highest BCUT2D eigenvalue weighted by Gasteiger charge is 2.15. The summed E-state index contributed by atoms with van der Waals surface area (Å²) >= 11 is 1.19. The van der Waals surface area contributed by atoms with Crippen LogP contribution in [0, 0.1) is 0 Å². The first kappa shape index (κ1) is 17.0. The summed E-state index contributed by atoms with van der Waals surface area (Å²) in [4.78, 5) is 23.4. The number of fused-ring (bicyclic) bond motifs is 1. The number of carboxylic acid groups (broad SMARTS) is 1. The van der Waals surface area contributed by atoms with E-state index in [0.29, 0.717) is 10.8 Å². The molecule has 0 aliphatic heterocycles. The number of carboxylic acids is 1. The van der Waals surface area contributed by atoms with Crippen LogP contribution < -0.4 is 10.4 Å². The summed E-state index contributed by atoms with van der Waals surface area (Å²) in [5.41, 5.74) is 1.50. The first-order chi connectivity index (χ1) is 12.1. The van der Waals surface area contributed by atoms with Crippen LogP contribution in [0.3, 0.4) is 0 Å². The molecule has 1 atom stereocenters. The minimum atomic E-state index is -1.31. The summed E-state index contributed by atoms with van der Waals surface area (Å²) in [6.07, 6.45) is 1.97. The van der Waals surface area contributed by atoms with Crippen LogP contribution in [0.25, 0.3) is 5.65 Å². The van der Waals surface area contributed by atoms with Crippen LogP contribution in [0.1, 0.15) is 5.56 Å². The van der Waals surface area contributed by atoms with Crippen LogP contribution in [0.2, 0.25) is 0 Å². The van der Waals surface area contributed by atoms with Crippen molar-refractivity contribution in [3.63, 3.8) is 0 Å². The highest BCUT2D eigenvalue weighted by molar-refractivity contribution is 7.99. The van der Waals surface area contributed by atoms with Crippen molar-refractivity contribution in [2.75, 3.05) is 5.75 Å². The van der Waals surface area contributed by atoms with Gasteiger partial charge in [0.25, 0.3) is 0 Å². The number of carbonyl (C=O) groups excluding carboxylic acids is 2. The largest absolute Gasteiger partial charge is 0.548 e. The molecule has 0 unspecified atom stereocenters. The normalized spacial score (nSPS) is 12.0. The number of hydrogen-bond donors (Lipinski definition) is 1. The lowest BCUT2D eigenvalue weighted by atomic mass is 10.1. The van der Waals surface area contributed by atoms with Crippen molar-refractivity contribution in [1.82, 2.24) is 19.9 Å². The summed E-state index contributed by atoms with van der Waals surface area (Å²) in [6.45, 7) is 0. The lowest BCUT2D eigenvalue weighted by Crippen LogP contribution is -2.49. The Hall–Kier alpha value is -2.87. The van der Waals surface area contributed by atoms with E-state index in [0.717, 1.165) is 5.56 Å². The standard InChI is InChI=1S/C17H16N4O3S/c22-15(11-25-17-20-19-14-8-4-5-9-21(14)17)18-13(16(23)24)10-12-6-2-1-3-7-12/h1-9,13H,10-11H2,(H,18,22)(H,23,24)/p-1/t13-/m0/s1. The average molecular weight is 355 g/mol. The summed E-state index contributed by atoms with van der Waals surface area (Å²) in [5.74, 6) is -1.67. The minimum absolute atomic E-state index is 0.0360. The Bertz CT molecular complexity index is 882. The van der Waals surface area contributed by atoms with Crippen LogP contribution >= 0.6 is 11.8 Å². The monoisotopic (exact) mass is 355 g/mol. The highest BCUT2D eigenvalue weighted by Crippen LogP contribution is 2.16. The van der Waals surface area contributed by atoms with Gasteiger partial charge in [0.1, 0.15) is 0 Å². The Labute approximate surface area is 148 Å². The number of amides is 1. The van der Waals surface area contributed by atoms with Crippen LogP contribution in [-0.2, 0) is 16.0 Å². The SMILES string of the molecule is O=C(CSc1nnc2ccccn12)N[C@@H](Cc1ccccc1)C(=O)[O-]. The van der Waals surface area contributed by atoms with Gasteiger partial charge in [-0.1, -0.05) is 48.2 Å². The van der Waals surface area contributed by atoms with E-state index in [1.54, 1.807) is 22.7 Å². The Morgan fingerprint density at radius 1 is 1.12 bits per heavy atom. The highest BCUT2D eigenvalue weighted by atomic mass is 32.2. The summed E-state index contributed by atoms with van der Waals surface area (Å²) in [7, 11) is 0. The predicted molar refractivity (Wildman–Crippen MR) is 90.8 cm³/mol. The van der Waals surface area contributed by atoms with Crippen molar-refractivity contribution in [2.24, 2.45) is 0 Å². The zero-order chi connectivity index (χ0) is 17.6. The third-order valence-corrected chi connectivity index (χ3v) is 4.46. The lowest BCUT2D eigenvalue weighted by molar-refractivity contribution is -0.308. The van der Waals surface area contributed by atoms with E-state index in [9.17, 15) is 14.7 Å². The Morgan fingerprint density at radius 3 is 2.64 bits per heavy atom. The first-order valence-electron chi connectivity index (χ1n) is 7.60. The fraction of sp³-hybridized carbons (Fsp3) is 0.176. The number of hydrogen-bond acceptors (Lipinski definition) is 6. The number of aliphatic carboxylic acids is 1. The molecule has 128 valence electrons. The summed E-state index contributed by atoms with van der Waals surface area (Å²) in [6, 6.07) is 13.5. The molecule has 8 heteroatoms. The van der Waals surface area contributed by atoms with Crippen LogP contribution in [0.4, 0.5) is 0 Å². The molecule has 2 heterocycles. The van der Waals surface area contributed by atoms with Crippen molar-refractivity contribution in [3.05, 3.63) is 60.3 Å². The van der Waals surface area contributed by atoms with Crippen molar-refractivity contribution in [1.29, 1.82) is 0 Å². The molecule has 0 saturated carbocycles. The molecule has 3 aromatic rings. The maximum absolute atomic E-state index is 12.1. The molecule has 0 aliphatic carbocycles. The number of nitrogens with zero attached hydrogens (tertiary/aromatic N) is 3. The smallest absolute Gasteiger partial charge is 0.231 e. The second-order valence-electron chi connectivity index (χ2n) is 5.33. The second-order valence-corrected chi connectivity index (χ2v) is 6.27. The number of pyridine rings is 1. The molecular weight excluding hydrogens is 340 g/mol. The van der Waals surface area contributed by atoms with E-state index in [1.165, 1.54) is 11.8 Å². The molecule has 0 bridgehead atoms. The molecule has 0 radical (unpaired) electrons. The van der Waals surface area contributed by atoms with Gasteiger partial charge in [-0.25, -0.2) is 0 Å². The van der Waals surface area contributed by atoms with Gasteiger partial charge in [0.15, 0.2) is 10.8 Å². The quantitative estimate of drug-likeness (QED) is 0.612. The van der Waals surface area contributed by atoms with E-state index in [-0.39, 0.29) is 12.2 Å². The Balaban J connectivity index is 1.59. The number of benzene rings is 1. The van der Waals surface area contributed by atoms with Gasteiger partial charge in [-0.05, 0) is 24.1 Å². The second kappa shape index (κ2) is 7.80. The molecule has 2 aromatic heterocycles. The topological polar surface area (TPSA) is 99.4 Å². The first-order valence-corrected chi connectivity index (χ1v) is 8.59. The molecule has 25 heavy (non-hydrogen) atoms. The van der Waals surface area contributed by atoms with Gasteiger partial charge < -0.3 is 15.2 Å².